The van der Waals surface area contributed by atoms with Crippen LogP contribution in [-0.2, 0) is 6.54 Å². The van der Waals surface area contributed by atoms with Gasteiger partial charge in [0.2, 0.25) is 0 Å². The molecule has 0 spiro atoms. The first-order valence-electron chi connectivity index (χ1n) is 5.59. The third kappa shape index (κ3) is 2.51. The van der Waals surface area contributed by atoms with Crippen molar-refractivity contribution in [2.45, 2.75) is 20.4 Å². The van der Waals surface area contributed by atoms with Crippen LogP contribution in [-0.4, -0.2) is 14.8 Å². The van der Waals surface area contributed by atoms with Crippen molar-refractivity contribution < 1.29 is 0 Å². The third-order valence-electron chi connectivity index (χ3n) is 2.39. The van der Waals surface area contributed by atoms with E-state index in [0.717, 1.165) is 17.8 Å². The SMILES string of the molecule is CC(C)Cn1nc(-c2cccnc2)cc1C#N. The van der Waals surface area contributed by atoms with Crippen molar-refractivity contribution in [3.8, 4) is 17.3 Å². The summed E-state index contributed by atoms with van der Waals surface area (Å²) in [5.41, 5.74) is 2.33. The molecule has 2 rings (SSSR count). The van der Waals surface area contributed by atoms with Gasteiger partial charge in [0, 0.05) is 30.6 Å². The Balaban J connectivity index is 2.39. The summed E-state index contributed by atoms with van der Waals surface area (Å²) >= 11 is 0. The van der Waals surface area contributed by atoms with Crippen molar-refractivity contribution in [1.29, 1.82) is 5.26 Å². The first-order valence-corrected chi connectivity index (χ1v) is 5.59. The highest BCUT2D eigenvalue weighted by Gasteiger charge is 2.10. The quantitative estimate of drug-likeness (QED) is 0.807. The molecule has 0 atom stereocenters. The zero-order valence-corrected chi connectivity index (χ0v) is 9.96. The molecule has 0 bridgehead atoms. The second kappa shape index (κ2) is 4.79. The summed E-state index contributed by atoms with van der Waals surface area (Å²) < 4.78 is 1.76. The fourth-order valence-electron chi connectivity index (χ4n) is 1.65. The molecule has 0 aliphatic rings. The van der Waals surface area contributed by atoms with Crippen LogP contribution in [0.3, 0.4) is 0 Å². The lowest BCUT2D eigenvalue weighted by Crippen LogP contribution is -2.08. The zero-order valence-electron chi connectivity index (χ0n) is 9.96. The predicted molar refractivity (Wildman–Crippen MR) is 65.0 cm³/mol. The van der Waals surface area contributed by atoms with Gasteiger partial charge in [-0.1, -0.05) is 13.8 Å². The summed E-state index contributed by atoms with van der Waals surface area (Å²) in [4.78, 5) is 4.05. The fourth-order valence-corrected chi connectivity index (χ4v) is 1.65. The van der Waals surface area contributed by atoms with Crippen molar-refractivity contribution >= 4 is 0 Å². The molecule has 86 valence electrons. The van der Waals surface area contributed by atoms with Gasteiger partial charge in [-0.2, -0.15) is 10.4 Å². The molecule has 0 unspecified atom stereocenters. The second-order valence-electron chi connectivity index (χ2n) is 4.34. The van der Waals surface area contributed by atoms with Crippen LogP contribution in [0, 0.1) is 17.2 Å². The summed E-state index contributed by atoms with van der Waals surface area (Å²) in [5.74, 6) is 0.462. The van der Waals surface area contributed by atoms with E-state index >= 15 is 0 Å². The molecular formula is C13H14N4. The first kappa shape index (κ1) is 11.3. The molecule has 0 amide bonds. The Morgan fingerprint density at radius 1 is 1.47 bits per heavy atom. The van der Waals surface area contributed by atoms with Crippen LogP contribution in [0.1, 0.15) is 19.5 Å². The van der Waals surface area contributed by atoms with Crippen LogP contribution in [0.4, 0.5) is 0 Å². The number of pyridine rings is 1. The van der Waals surface area contributed by atoms with Crippen molar-refractivity contribution in [2.75, 3.05) is 0 Å². The summed E-state index contributed by atoms with van der Waals surface area (Å²) in [6, 6.07) is 7.78. The van der Waals surface area contributed by atoms with E-state index in [9.17, 15) is 0 Å². The summed E-state index contributed by atoms with van der Waals surface area (Å²) in [7, 11) is 0. The summed E-state index contributed by atoms with van der Waals surface area (Å²) in [6.45, 7) is 4.96. The number of hydrogen-bond donors (Lipinski definition) is 0. The normalized spacial score (nSPS) is 10.5. The van der Waals surface area contributed by atoms with Gasteiger partial charge >= 0.3 is 0 Å². The number of hydrogen-bond acceptors (Lipinski definition) is 3. The average molecular weight is 226 g/mol. The Labute approximate surface area is 101 Å². The van der Waals surface area contributed by atoms with E-state index in [1.54, 1.807) is 23.1 Å². The maximum absolute atomic E-state index is 9.07. The molecule has 4 nitrogen and oxygen atoms in total. The molecule has 2 aromatic rings. The predicted octanol–water partition coefficient (Wildman–Crippen LogP) is 2.47. The molecule has 0 radical (unpaired) electrons. The van der Waals surface area contributed by atoms with Crippen LogP contribution >= 0.6 is 0 Å². The van der Waals surface area contributed by atoms with Gasteiger partial charge in [0.25, 0.3) is 0 Å². The smallest absolute Gasteiger partial charge is 0.139 e. The lowest BCUT2D eigenvalue weighted by atomic mass is 10.2. The van der Waals surface area contributed by atoms with E-state index in [2.05, 4.69) is 30.0 Å². The molecule has 0 aliphatic carbocycles. The fraction of sp³-hybridized carbons (Fsp3) is 0.308. The standard InChI is InChI=1S/C13H14N4/c1-10(2)9-17-12(7-14)6-13(16-17)11-4-3-5-15-8-11/h3-6,8,10H,9H2,1-2H3. The maximum atomic E-state index is 9.07. The Morgan fingerprint density at radius 3 is 2.88 bits per heavy atom. The number of aromatic nitrogens is 3. The Hall–Kier alpha value is -2.15. The lowest BCUT2D eigenvalue weighted by Gasteiger charge is -2.05. The number of rotatable bonds is 3. The van der Waals surface area contributed by atoms with Gasteiger partial charge < -0.3 is 0 Å². The van der Waals surface area contributed by atoms with E-state index in [-0.39, 0.29) is 0 Å². The zero-order chi connectivity index (χ0) is 12.3. The number of nitrogens with zero attached hydrogens (tertiary/aromatic N) is 4. The van der Waals surface area contributed by atoms with Crippen molar-refractivity contribution in [1.82, 2.24) is 14.8 Å². The minimum absolute atomic E-state index is 0.462. The number of nitriles is 1. The van der Waals surface area contributed by atoms with Crippen molar-refractivity contribution in [2.24, 2.45) is 5.92 Å². The molecule has 2 aromatic heterocycles. The highest BCUT2D eigenvalue weighted by atomic mass is 15.3. The van der Waals surface area contributed by atoms with Crippen molar-refractivity contribution in [3.05, 3.63) is 36.3 Å². The molecule has 0 saturated heterocycles. The summed E-state index contributed by atoms with van der Waals surface area (Å²) in [6.07, 6.45) is 3.48. The molecule has 4 heteroatoms. The van der Waals surface area contributed by atoms with Crippen LogP contribution in [0.25, 0.3) is 11.3 Å². The van der Waals surface area contributed by atoms with E-state index in [1.165, 1.54) is 0 Å². The minimum Gasteiger partial charge on any atom is -0.264 e. The molecule has 17 heavy (non-hydrogen) atoms. The van der Waals surface area contributed by atoms with E-state index in [1.807, 2.05) is 12.1 Å². The van der Waals surface area contributed by atoms with Gasteiger partial charge in [-0.15, -0.1) is 0 Å². The van der Waals surface area contributed by atoms with E-state index < -0.39 is 0 Å². The highest BCUT2D eigenvalue weighted by molar-refractivity contribution is 5.58. The first-order chi connectivity index (χ1) is 8.20. The van der Waals surface area contributed by atoms with E-state index in [0.29, 0.717) is 11.6 Å². The van der Waals surface area contributed by atoms with Crippen LogP contribution < -0.4 is 0 Å². The van der Waals surface area contributed by atoms with Gasteiger partial charge in [0.15, 0.2) is 0 Å². The van der Waals surface area contributed by atoms with Gasteiger partial charge in [0.1, 0.15) is 11.8 Å². The van der Waals surface area contributed by atoms with Crippen LogP contribution in [0.2, 0.25) is 0 Å². The largest absolute Gasteiger partial charge is 0.264 e. The molecule has 0 saturated carbocycles. The molecular weight excluding hydrogens is 212 g/mol. The van der Waals surface area contributed by atoms with Gasteiger partial charge in [0.05, 0.1) is 5.69 Å². The molecule has 0 N–H and O–H groups in total. The lowest BCUT2D eigenvalue weighted by molar-refractivity contribution is 0.480. The second-order valence-corrected chi connectivity index (χ2v) is 4.34. The van der Waals surface area contributed by atoms with Crippen LogP contribution in [0.5, 0.6) is 0 Å². The van der Waals surface area contributed by atoms with Crippen LogP contribution in [0.15, 0.2) is 30.6 Å². The Kier molecular flexibility index (Phi) is 3.20. The van der Waals surface area contributed by atoms with Gasteiger partial charge in [-0.25, -0.2) is 0 Å². The van der Waals surface area contributed by atoms with Crippen molar-refractivity contribution in [3.63, 3.8) is 0 Å². The summed E-state index contributed by atoms with van der Waals surface area (Å²) in [5, 5.41) is 13.5. The minimum atomic E-state index is 0.462. The highest BCUT2D eigenvalue weighted by Crippen LogP contribution is 2.18. The maximum Gasteiger partial charge on any atom is 0.139 e. The third-order valence-corrected chi connectivity index (χ3v) is 2.39. The van der Waals surface area contributed by atoms with Gasteiger partial charge in [-0.3, -0.25) is 9.67 Å². The van der Waals surface area contributed by atoms with E-state index in [4.69, 9.17) is 5.26 Å². The van der Waals surface area contributed by atoms with Gasteiger partial charge in [-0.05, 0) is 18.1 Å². The Bertz CT molecular complexity index is 534. The Morgan fingerprint density at radius 2 is 2.29 bits per heavy atom. The topological polar surface area (TPSA) is 54.5 Å². The molecule has 0 aromatic carbocycles. The molecule has 0 aliphatic heterocycles. The average Bonchev–Trinajstić information content (AvgIpc) is 2.72. The monoisotopic (exact) mass is 226 g/mol. The molecule has 0 fully saturated rings. The molecule has 2 heterocycles.